The number of alkyl halides is 2. The van der Waals surface area contributed by atoms with Crippen molar-refractivity contribution >= 4 is 21.9 Å². The van der Waals surface area contributed by atoms with Crippen molar-refractivity contribution in [1.29, 1.82) is 0 Å². The van der Waals surface area contributed by atoms with Gasteiger partial charge in [-0.2, -0.15) is 15.3 Å². The van der Waals surface area contributed by atoms with E-state index in [-0.39, 0.29) is 18.9 Å². The Hall–Kier alpha value is -4.48. The van der Waals surface area contributed by atoms with E-state index in [1.165, 1.54) is 0 Å². The number of rotatable bonds is 10. The minimum Gasteiger partial charge on any atom is -0.386 e. The molecule has 1 fully saturated rings. The number of hydrogen-bond donors (Lipinski definition) is 1. The molecule has 1 aliphatic rings. The largest absolute Gasteiger partial charge is 0.386 e. The number of aliphatic hydroxyl groups is 1. The van der Waals surface area contributed by atoms with Crippen molar-refractivity contribution in [2.75, 3.05) is 19.6 Å². The summed E-state index contributed by atoms with van der Waals surface area (Å²) in [5.74, 6) is -2.36. The molecule has 5 heterocycles. The van der Waals surface area contributed by atoms with Crippen LogP contribution < -0.4 is 0 Å². The molecule has 0 radical (unpaired) electrons. The number of pyridine rings is 1. The van der Waals surface area contributed by atoms with Gasteiger partial charge in [-0.05, 0) is 43.9 Å². The third-order valence-electron chi connectivity index (χ3n) is 9.18. The van der Waals surface area contributed by atoms with Gasteiger partial charge in [-0.25, -0.2) is 18.4 Å². The molecule has 0 amide bonds. The monoisotopic (exact) mass is 638 g/mol. The lowest BCUT2D eigenvalue weighted by molar-refractivity contribution is 0.0120. The average molecular weight is 639 g/mol. The van der Waals surface area contributed by atoms with E-state index in [1.54, 1.807) is 0 Å². The fourth-order valence-electron chi connectivity index (χ4n) is 6.86. The zero-order valence-electron chi connectivity index (χ0n) is 27.2. The van der Waals surface area contributed by atoms with Gasteiger partial charge < -0.3 is 5.11 Å². The maximum atomic E-state index is 13.6. The molecule has 0 aliphatic carbocycles. The smallest absolute Gasteiger partial charge is 0.261 e. The molecule has 4 aromatic heterocycles. The second-order valence-corrected chi connectivity index (χ2v) is 13.1. The van der Waals surface area contributed by atoms with Gasteiger partial charge in [-0.15, -0.1) is 0 Å². The Bertz CT molecular complexity index is 2040. The summed E-state index contributed by atoms with van der Waals surface area (Å²) in [6.45, 7) is 10.3. The maximum absolute atomic E-state index is 13.6. The predicted octanol–water partition coefficient (Wildman–Crippen LogP) is 6.84. The summed E-state index contributed by atoms with van der Waals surface area (Å²) in [5.41, 5.74) is 8.13. The molecule has 47 heavy (non-hydrogen) atoms. The first-order chi connectivity index (χ1) is 22.6. The van der Waals surface area contributed by atoms with E-state index >= 15 is 0 Å². The summed E-state index contributed by atoms with van der Waals surface area (Å²) in [4.78, 5) is 6.67. The Morgan fingerprint density at radius 1 is 0.936 bits per heavy atom. The highest BCUT2D eigenvalue weighted by Crippen LogP contribution is 2.37. The van der Waals surface area contributed by atoms with Crippen molar-refractivity contribution in [2.24, 2.45) is 0 Å². The Labute approximate surface area is 272 Å². The van der Waals surface area contributed by atoms with Crippen LogP contribution in [0.5, 0.6) is 0 Å². The van der Waals surface area contributed by atoms with E-state index in [0.717, 1.165) is 62.2 Å². The fourth-order valence-corrected chi connectivity index (χ4v) is 6.86. The number of likely N-dealkylation sites (tertiary alicyclic amines) is 1. The first-order valence-corrected chi connectivity index (χ1v) is 16.3. The van der Waals surface area contributed by atoms with Gasteiger partial charge in [0.1, 0.15) is 0 Å². The van der Waals surface area contributed by atoms with Gasteiger partial charge in [0.2, 0.25) is 0 Å². The second-order valence-electron chi connectivity index (χ2n) is 13.1. The molecule has 2 aromatic carbocycles. The summed E-state index contributed by atoms with van der Waals surface area (Å²) < 4.78 is 32.8. The van der Waals surface area contributed by atoms with Crippen LogP contribution in [0.4, 0.5) is 8.78 Å². The van der Waals surface area contributed by atoms with Crippen molar-refractivity contribution in [1.82, 2.24) is 39.2 Å². The van der Waals surface area contributed by atoms with E-state index in [9.17, 15) is 13.9 Å². The molecule has 0 bridgehead atoms. The zero-order valence-corrected chi connectivity index (χ0v) is 27.2. The highest BCUT2D eigenvalue weighted by Gasteiger charge is 2.37. The number of aryl methyl sites for hydroxylation is 2. The summed E-state index contributed by atoms with van der Waals surface area (Å²) in [6.07, 6.45) is 3.98. The van der Waals surface area contributed by atoms with Gasteiger partial charge in [-0.3, -0.25) is 14.3 Å². The molecular formula is C36H40F2N8O. The molecular weight excluding hydrogens is 598 g/mol. The Morgan fingerprint density at radius 2 is 1.74 bits per heavy atom. The van der Waals surface area contributed by atoms with Crippen molar-refractivity contribution in [2.45, 2.75) is 71.6 Å². The molecule has 0 spiro atoms. The maximum Gasteiger partial charge on any atom is 0.261 e. The van der Waals surface area contributed by atoms with Crippen LogP contribution in [-0.2, 0) is 13.1 Å². The molecule has 244 valence electrons. The predicted molar refractivity (Wildman–Crippen MR) is 179 cm³/mol. The van der Waals surface area contributed by atoms with Crippen LogP contribution in [-0.4, -0.2) is 69.9 Å². The quantitative estimate of drug-likeness (QED) is 0.177. The summed E-state index contributed by atoms with van der Waals surface area (Å²) in [7, 11) is 0. The van der Waals surface area contributed by atoms with Gasteiger partial charge in [-0.1, -0.05) is 56.3 Å². The third-order valence-corrected chi connectivity index (χ3v) is 9.18. The van der Waals surface area contributed by atoms with Gasteiger partial charge in [0.05, 0.1) is 41.8 Å². The standard InChI is InChI=1S/C36H40F2N8O/c1-23(2)33-25(4)46(31-18-27-19-44(42-35(27)39-24(31)3)16-9-15-43-17-14-36(37,38)22-43)41-34(33)28-12-8-13-30-29(28)20-45(40-30)21-32(47)26-10-6-5-7-11-26/h5-8,10-13,18-20,23,32,47H,9,14-17,21-22H2,1-4H3/t32-/m0/s1. The number of aliphatic hydroxyl groups excluding tert-OH is 1. The molecule has 1 atom stereocenters. The lowest BCUT2D eigenvalue weighted by atomic mass is 9.95. The minimum absolute atomic E-state index is 0.0601. The summed E-state index contributed by atoms with van der Waals surface area (Å²) >= 11 is 0. The van der Waals surface area contributed by atoms with Gasteiger partial charge in [0, 0.05) is 66.0 Å². The zero-order chi connectivity index (χ0) is 32.9. The number of fused-ring (bicyclic) bond motifs is 2. The minimum atomic E-state index is -2.57. The number of nitrogens with zero attached hydrogens (tertiary/aromatic N) is 8. The molecule has 1 aliphatic heterocycles. The fraction of sp³-hybridized carbons (Fsp3) is 0.389. The van der Waals surface area contributed by atoms with E-state index in [0.29, 0.717) is 31.8 Å². The second kappa shape index (κ2) is 12.3. The van der Waals surface area contributed by atoms with Crippen LogP contribution in [0, 0.1) is 13.8 Å². The van der Waals surface area contributed by atoms with Crippen LogP contribution in [0.2, 0.25) is 0 Å². The van der Waals surface area contributed by atoms with Crippen molar-refractivity contribution in [3.63, 3.8) is 0 Å². The molecule has 0 unspecified atom stereocenters. The first-order valence-electron chi connectivity index (χ1n) is 16.3. The summed E-state index contributed by atoms with van der Waals surface area (Å²) in [6, 6.07) is 17.8. The van der Waals surface area contributed by atoms with Crippen LogP contribution in [0.15, 0.2) is 67.0 Å². The SMILES string of the molecule is Cc1nc2nn(CCCN3CCC(F)(F)C3)cc2cc1-n1nc(-c2cccc3nn(C[C@H](O)c4ccccc4)cc23)c(C(C)C)c1C. The number of halogens is 2. The van der Waals surface area contributed by atoms with Gasteiger partial charge in [0.25, 0.3) is 5.92 Å². The van der Waals surface area contributed by atoms with Gasteiger partial charge >= 0.3 is 0 Å². The van der Waals surface area contributed by atoms with Crippen LogP contribution in [0.1, 0.15) is 61.2 Å². The average Bonchev–Trinajstić information content (AvgIpc) is 3.80. The van der Waals surface area contributed by atoms with E-state index < -0.39 is 12.0 Å². The molecule has 11 heteroatoms. The highest BCUT2D eigenvalue weighted by molar-refractivity contribution is 5.94. The number of aromatic nitrogens is 7. The van der Waals surface area contributed by atoms with E-state index in [1.807, 2.05) is 80.7 Å². The van der Waals surface area contributed by atoms with Crippen LogP contribution in [0.25, 0.3) is 38.9 Å². The highest BCUT2D eigenvalue weighted by atomic mass is 19.3. The number of hydrogen-bond acceptors (Lipinski definition) is 6. The van der Waals surface area contributed by atoms with Crippen LogP contribution in [0.3, 0.4) is 0 Å². The third kappa shape index (κ3) is 6.17. The lowest BCUT2D eigenvalue weighted by Gasteiger charge is -2.14. The molecule has 1 saturated heterocycles. The van der Waals surface area contributed by atoms with E-state index in [2.05, 4.69) is 38.0 Å². The Morgan fingerprint density at radius 3 is 2.49 bits per heavy atom. The molecule has 0 saturated carbocycles. The lowest BCUT2D eigenvalue weighted by Crippen LogP contribution is -2.26. The summed E-state index contributed by atoms with van der Waals surface area (Å²) in [5, 5.41) is 27.4. The van der Waals surface area contributed by atoms with Crippen molar-refractivity contribution in [3.05, 3.63) is 89.5 Å². The van der Waals surface area contributed by atoms with E-state index in [4.69, 9.17) is 15.2 Å². The Balaban J connectivity index is 1.19. The normalized spacial score (nSPS) is 15.8. The van der Waals surface area contributed by atoms with Gasteiger partial charge in [0.15, 0.2) is 5.65 Å². The topological polar surface area (TPSA) is 89.8 Å². The van der Waals surface area contributed by atoms with Crippen molar-refractivity contribution < 1.29 is 13.9 Å². The van der Waals surface area contributed by atoms with Crippen molar-refractivity contribution in [3.8, 4) is 16.9 Å². The molecule has 9 nitrogen and oxygen atoms in total. The Kier molecular flexibility index (Phi) is 8.13. The van der Waals surface area contributed by atoms with Crippen LogP contribution >= 0.6 is 0 Å². The molecule has 6 aromatic rings. The molecule has 1 N–H and O–H groups in total. The number of benzene rings is 2. The first kappa shape index (κ1) is 31.1. The molecule has 7 rings (SSSR count).